The molecule has 0 aromatic heterocycles. The fourth-order valence-corrected chi connectivity index (χ4v) is 2.71. The molecule has 0 radical (unpaired) electrons. The molecule has 6 heteroatoms. The Morgan fingerprint density at radius 2 is 2.00 bits per heavy atom. The number of carbonyl (C=O) groups excluding carboxylic acids is 1. The second-order valence-electron chi connectivity index (χ2n) is 5.31. The molecule has 1 unspecified atom stereocenters. The molecule has 0 bridgehead atoms. The molecule has 114 valence electrons. The van der Waals surface area contributed by atoms with Gasteiger partial charge in [-0.25, -0.2) is 9.59 Å². The number of rotatable bonds is 3. The van der Waals surface area contributed by atoms with Gasteiger partial charge in [-0.15, -0.1) is 0 Å². The highest BCUT2D eigenvalue weighted by Crippen LogP contribution is 2.25. The molecule has 2 rings (SSSR count). The number of amides is 2. The first kappa shape index (κ1) is 15.6. The van der Waals surface area contributed by atoms with E-state index in [2.05, 4.69) is 0 Å². The largest absolute Gasteiger partial charge is 0.480 e. The molecule has 21 heavy (non-hydrogen) atoms. The van der Waals surface area contributed by atoms with E-state index in [-0.39, 0.29) is 12.1 Å². The normalized spacial score (nSPS) is 19.4. The summed E-state index contributed by atoms with van der Waals surface area (Å²) in [6.45, 7) is 2.40. The SMILES string of the molecule is CC(c1ccc(Cl)cc1)N(C)C(=O)N1CCC[C@H]1C(=O)O. The first-order valence-electron chi connectivity index (χ1n) is 6.93. The zero-order valence-electron chi connectivity index (χ0n) is 12.1. The number of halogens is 1. The van der Waals surface area contributed by atoms with Crippen LogP contribution in [0.4, 0.5) is 4.79 Å². The maximum absolute atomic E-state index is 12.5. The number of hydrogen-bond acceptors (Lipinski definition) is 2. The number of aliphatic carboxylic acids is 1. The van der Waals surface area contributed by atoms with Crippen LogP contribution in [-0.2, 0) is 4.79 Å². The van der Waals surface area contributed by atoms with Crippen molar-refractivity contribution in [3.8, 4) is 0 Å². The first-order chi connectivity index (χ1) is 9.91. The van der Waals surface area contributed by atoms with E-state index in [1.54, 1.807) is 24.1 Å². The lowest BCUT2D eigenvalue weighted by atomic mass is 10.1. The summed E-state index contributed by atoms with van der Waals surface area (Å²) in [5.41, 5.74) is 0.960. The molecule has 1 aromatic rings. The van der Waals surface area contributed by atoms with Crippen LogP contribution in [0, 0.1) is 0 Å². The molecule has 0 aliphatic carbocycles. The maximum atomic E-state index is 12.5. The summed E-state index contributed by atoms with van der Waals surface area (Å²) < 4.78 is 0. The van der Waals surface area contributed by atoms with E-state index in [9.17, 15) is 14.7 Å². The molecular formula is C15H19ClN2O3. The van der Waals surface area contributed by atoms with Gasteiger partial charge in [0.1, 0.15) is 6.04 Å². The van der Waals surface area contributed by atoms with E-state index < -0.39 is 12.0 Å². The zero-order chi connectivity index (χ0) is 15.6. The average Bonchev–Trinajstić information content (AvgIpc) is 2.95. The molecule has 2 amide bonds. The minimum absolute atomic E-state index is 0.148. The Bertz CT molecular complexity index is 532. The number of likely N-dealkylation sites (tertiary alicyclic amines) is 1. The van der Waals surface area contributed by atoms with E-state index in [4.69, 9.17) is 11.6 Å². The van der Waals surface area contributed by atoms with Crippen LogP contribution in [0.25, 0.3) is 0 Å². The van der Waals surface area contributed by atoms with Gasteiger partial charge in [0.25, 0.3) is 0 Å². The fraction of sp³-hybridized carbons (Fsp3) is 0.467. The van der Waals surface area contributed by atoms with Gasteiger partial charge in [0.2, 0.25) is 0 Å². The van der Waals surface area contributed by atoms with E-state index in [0.717, 1.165) is 12.0 Å². The molecule has 1 aliphatic heterocycles. The third-order valence-electron chi connectivity index (χ3n) is 4.02. The second kappa shape index (κ2) is 6.35. The van der Waals surface area contributed by atoms with Gasteiger partial charge < -0.3 is 14.9 Å². The van der Waals surface area contributed by atoms with Crippen LogP contribution in [0.5, 0.6) is 0 Å². The minimum Gasteiger partial charge on any atom is -0.480 e. The Kier molecular flexibility index (Phi) is 4.73. The van der Waals surface area contributed by atoms with Crippen molar-refractivity contribution in [2.75, 3.05) is 13.6 Å². The van der Waals surface area contributed by atoms with Crippen LogP contribution in [-0.4, -0.2) is 46.5 Å². The number of nitrogens with zero attached hydrogens (tertiary/aromatic N) is 2. The lowest BCUT2D eigenvalue weighted by molar-refractivity contribution is -0.141. The lowest BCUT2D eigenvalue weighted by Crippen LogP contribution is -2.47. The van der Waals surface area contributed by atoms with Crippen molar-refractivity contribution in [2.45, 2.75) is 31.8 Å². The summed E-state index contributed by atoms with van der Waals surface area (Å²) in [5.74, 6) is -0.937. The highest BCUT2D eigenvalue weighted by molar-refractivity contribution is 6.30. The molecule has 1 aromatic carbocycles. The second-order valence-corrected chi connectivity index (χ2v) is 5.75. The summed E-state index contributed by atoms with van der Waals surface area (Å²) in [6.07, 6.45) is 1.25. The Labute approximate surface area is 129 Å². The Morgan fingerprint density at radius 1 is 1.38 bits per heavy atom. The molecule has 5 nitrogen and oxygen atoms in total. The van der Waals surface area contributed by atoms with Crippen LogP contribution >= 0.6 is 11.6 Å². The predicted molar refractivity (Wildman–Crippen MR) is 80.4 cm³/mol. The Hall–Kier alpha value is -1.75. The van der Waals surface area contributed by atoms with Gasteiger partial charge in [-0.05, 0) is 37.5 Å². The molecule has 1 aliphatic rings. The van der Waals surface area contributed by atoms with Crippen molar-refractivity contribution in [1.29, 1.82) is 0 Å². The van der Waals surface area contributed by atoms with Gasteiger partial charge in [0, 0.05) is 18.6 Å². The molecule has 1 fully saturated rings. The number of benzene rings is 1. The number of urea groups is 1. The average molecular weight is 311 g/mol. The summed E-state index contributed by atoms with van der Waals surface area (Å²) in [4.78, 5) is 26.7. The van der Waals surface area contributed by atoms with Crippen molar-refractivity contribution in [2.24, 2.45) is 0 Å². The minimum atomic E-state index is -0.937. The van der Waals surface area contributed by atoms with Crippen LogP contribution in [0.3, 0.4) is 0 Å². The van der Waals surface area contributed by atoms with E-state index in [1.165, 1.54) is 4.90 Å². The number of hydrogen-bond donors (Lipinski definition) is 1. The topological polar surface area (TPSA) is 60.9 Å². The monoisotopic (exact) mass is 310 g/mol. The number of carboxylic acid groups (broad SMARTS) is 1. The van der Waals surface area contributed by atoms with Crippen LogP contribution in [0.2, 0.25) is 5.02 Å². The van der Waals surface area contributed by atoms with Crippen LogP contribution < -0.4 is 0 Å². The smallest absolute Gasteiger partial charge is 0.326 e. The summed E-state index contributed by atoms with van der Waals surface area (Å²) in [6, 6.07) is 6.19. The summed E-state index contributed by atoms with van der Waals surface area (Å²) in [7, 11) is 1.69. The molecule has 1 saturated heterocycles. The molecule has 0 spiro atoms. The third kappa shape index (κ3) is 3.29. The van der Waals surface area contributed by atoms with Gasteiger partial charge >= 0.3 is 12.0 Å². The van der Waals surface area contributed by atoms with E-state index in [0.29, 0.717) is 18.0 Å². The lowest BCUT2D eigenvalue weighted by Gasteiger charge is -2.31. The van der Waals surface area contributed by atoms with Gasteiger partial charge in [0.05, 0.1) is 6.04 Å². The number of carboxylic acids is 1. The molecule has 2 atom stereocenters. The van der Waals surface area contributed by atoms with Crippen LogP contribution in [0.1, 0.15) is 31.4 Å². The van der Waals surface area contributed by atoms with Crippen molar-refractivity contribution < 1.29 is 14.7 Å². The molecule has 1 heterocycles. The summed E-state index contributed by atoms with van der Waals surface area (Å²) >= 11 is 5.86. The molecule has 1 N–H and O–H groups in total. The van der Waals surface area contributed by atoms with Gasteiger partial charge in [-0.2, -0.15) is 0 Å². The summed E-state index contributed by atoms with van der Waals surface area (Å²) in [5, 5.41) is 9.82. The van der Waals surface area contributed by atoms with E-state index >= 15 is 0 Å². The molecule has 0 saturated carbocycles. The van der Waals surface area contributed by atoms with E-state index in [1.807, 2.05) is 19.1 Å². The van der Waals surface area contributed by atoms with Gasteiger partial charge in [-0.3, -0.25) is 0 Å². The standard InChI is InChI=1S/C15H19ClN2O3/c1-10(11-5-7-12(16)8-6-11)17(2)15(21)18-9-3-4-13(18)14(19)20/h5-8,10,13H,3-4,9H2,1-2H3,(H,19,20)/t10?,13-/m0/s1. The Morgan fingerprint density at radius 3 is 2.57 bits per heavy atom. The van der Waals surface area contributed by atoms with Crippen LogP contribution in [0.15, 0.2) is 24.3 Å². The molecular weight excluding hydrogens is 292 g/mol. The first-order valence-corrected chi connectivity index (χ1v) is 7.31. The predicted octanol–water partition coefficient (Wildman–Crippen LogP) is 3.00. The van der Waals surface area contributed by atoms with Gasteiger partial charge in [0.15, 0.2) is 0 Å². The third-order valence-corrected chi connectivity index (χ3v) is 4.27. The van der Waals surface area contributed by atoms with Crippen molar-refractivity contribution in [3.05, 3.63) is 34.9 Å². The highest BCUT2D eigenvalue weighted by atomic mass is 35.5. The van der Waals surface area contributed by atoms with Gasteiger partial charge in [-0.1, -0.05) is 23.7 Å². The zero-order valence-corrected chi connectivity index (χ0v) is 12.9. The quantitative estimate of drug-likeness (QED) is 0.933. The highest BCUT2D eigenvalue weighted by Gasteiger charge is 2.36. The number of carbonyl (C=O) groups is 2. The van der Waals surface area contributed by atoms with Crippen molar-refractivity contribution in [1.82, 2.24) is 9.80 Å². The van der Waals surface area contributed by atoms with Crippen molar-refractivity contribution in [3.63, 3.8) is 0 Å². The maximum Gasteiger partial charge on any atom is 0.326 e. The Balaban J connectivity index is 2.11. The fourth-order valence-electron chi connectivity index (χ4n) is 2.59. The van der Waals surface area contributed by atoms with Crippen molar-refractivity contribution >= 4 is 23.6 Å².